The average Bonchev–Trinajstić information content (AvgIpc) is 3.16. The lowest BCUT2D eigenvalue weighted by atomic mass is 10.1. The molecule has 25 heavy (non-hydrogen) atoms. The van der Waals surface area contributed by atoms with Gasteiger partial charge in [0.2, 0.25) is 0 Å². The third-order valence-corrected chi connectivity index (χ3v) is 4.27. The molecule has 2 aromatic heterocycles. The van der Waals surface area contributed by atoms with Crippen molar-refractivity contribution in [3.63, 3.8) is 0 Å². The van der Waals surface area contributed by atoms with Gasteiger partial charge in [-0.3, -0.25) is 14.2 Å². The second-order valence-electron chi connectivity index (χ2n) is 6.71. The Bertz CT molecular complexity index is 805. The number of aromatic carboxylic acids is 1. The Hall–Kier alpha value is -2.64. The van der Waals surface area contributed by atoms with Crippen LogP contribution in [0.2, 0.25) is 0 Å². The highest BCUT2D eigenvalue weighted by molar-refractivity contribution is 5.93. The minimum atomic E-state index is -1.05. The summed E-state index contributed by atoms with van der Waals surface area (Å²) in [5.74, 6) is -0.655. The average molecular weight is 345 g/mol. The number of rotatable bonds is 5. The number of hydrogen-bond acceptors (Lipinski definition) is 4. The molecule has 0 radical (unpaired) electrons. The standard InChI is InChI=1S/C17H23N5O3/c1-4-21-15(8-12(18-21)7-11(2)3)16(23)20-5-6-22-13(10-20)9-14(19-22)17(24)25/h8-9,11H,4-7,10H2,1-3H3,(H,24,25). The molecule has 0 atom stereocenters. The molecule has 1 aliphatic rings. The number of aryl methyl sites for hydroxylation is 1. The summed E-state index contributed by atoms with van der Waals surface area (Å²) in [6, 6.07) is 3.41. The number of amides is 1. The lowest BCUT2D eigenvalue weighted by Crippen LogP contribution is -2.39. The largest absolute Gasteiger partial charge is 0.476 e. The van der Waals surface area contributed by atoms with E-state index in [0.29, 0.717) is 37.8 Å². The molecule has 0 saturated carbocycles. The molecule has 1 aliphatic heterocycles. The Balaban J connectivity index is 1.81. The van der Waals surface area contributed by atoms with Gasteiger partial charge in [0, 0.05) is 13.1 Å². The van der Waals surface area contributed by atoms with Crippen LogP contribution in [0.15, 0.2) is 12.1 Å². The molecule has 0 aliphatic carbocycles. The first-order valence-corrected chi connectivity index (χ1v) is 8.55. The van der Waals surface area contributed by atoms with E-state index in [4.69, 9.17) is 5.11 Å². The summed E-state index contributed by atoms with van der Waals surface area (Å²) < 4.78 is 3.41. The van der Waals surface area contributed by atoms with E-state index in [9.17, 15) is 9.59 Å². The van der Waals surface area contributed by atoms with E-state index < -0.39 is 5.97 Å². The van der Waals surface area contributed by atoms with Gasteiger partial charge in [0.1, 0.15) is 5.69 Å². The van der Waals surface area contributed by atoms with Crippen molar-refractivity contribution in [1.29, 1.82) is 0 Å². The molecule has 0 spiro atoms. The zero-order valence-corrected chi connectivity index (χ0v) is 14.8. The second-order valence-corrected chi connectivity index (χ2v) is 6.71. The molecule has 0 fully saturated rings. The molecular formula is C17H23N5O3. The van der Waals surface area contributed by atoms with Crippen molar-refractivity contribution >= 4 is 11.9 Å². The molecule has 0 aromatic carbocycles. The molecule has 3 heterocycles. The maximum absolute atomic E-state index is 12.9. The topological polar surface area (TPSA) is 93.3 Å². The Labute approximate surface area is 146 Å². The van der Waals surface area contributed by atoms with Crippen LogP contribution in [0, 0.1) is 5.92 Å². The predicted molar refractivity (Wildman–Crippen MR) is 90.4 cm³/mol. The fourth-order valence-electron chi connectivity index (χ4n) is 3.11. The van der Waals surface area contributed by atoms with Crippen LogP contribution in [0.3, 0.4) is 0 Å². The van der Waals surface area contributed by atoms with E-state index in [1.54, 1.807) is 14.3 Å². The van der Waals surface area contributed by atoms with Gasteiger partial charge < -0.3 is 10.0 Å². The molecule has 134 valence electrons. The van der Waals surface area contributed by atoms with Gasteiger partial charge in [-0.1, -0.05) is 13.8 Å². The van der Waals surface area contributed by atoms with Crippen LogP contribution >= 0.6 is 0 Å². The van der Waals surface area contributed by atoms with Crippen molar-refractivity contribution in [1.82, 2.24) is 24.5 Å². The highest BCUT2D eigenvalue weighted by Crippen LogP contribution is 2.18. The Kier molecular flexibility index (Phi) is 4.61. The summed E-state index contributed by atoms with van der Waals surface area (Å²) >= 11 is 0. The number of aromatic nitrogens is 4. The van der Waals surface area contributed by atoms with Gasteiger partial charge >= 0.3 is 5.97 Å². The normalized spacial score (nSPS) is 14.0. The molecule has 8 nitrogen and oxygen atoms in total. The number of fused-ring (bicyclic) bond motifs is 1. The van der Waals surface area contributed by atoms with Crippen LogP contribution in [0.5, 0.6) is 0 Å². The van der Waals surface area contributed by atoms with Crippen molar-refractivity contribution in [3.8, 4) is 0 Å². The SMILES string of the molecule is CCn1nc(CC(C)C)cc1C(=O)N1CCn2nc(C(=O)O)cc2C1. The van der Waals surface area contributed by atoms with E-state index in [1.807, 2.05) is 13.0 Å². The first-order chi connectivity index (χ1) is 11.9. The van der Waals surface area contributed by atoms with Crippen molar-refractivity contribution < 1.29 is 14.7 Å². The van der Waals surface area contributed by atoms with Gasteiger partial charge in [0.25, 0.3) is 5.91 Å². The fraction of sp³-hybridized carbons (Fsp3) is 0.529. The molecule has 0 unspecified atom stereocenters. The summed E-state index contributed by atoms with van der Waals surface area (Å²) in [7, 11) is 0. The zero-order valence-electron chi connectivity index (χ0n) is 14.8. The van der Waals surface area contributed by atoms with Crippen LogP contribution in [0.1, 0.15) is 53.1 Å². The van der Waals surface area contributed by atoms with Crippen LogP contribution in [0.4, 0.5) is 0 Å². The zero-order chi connectivity index (χ0) is 18.1. The summed E-state index contributed by atoms with van der Waals surface area (Å²) in [6.45, 7) is 8.19. The molecule has 8 heteroatoms. The van der Waals surface area contributed by atoms with Gasteiger partial charge in [-0.05, 0) is 31.4 Å². The molecule has 3 rings (SSSR count). The van der Waals surface area contributed by atoms with Gasteiger partial charge in [0.15, 0.2) is 5.69 Å². The quantitative estimate of drug-likeness (QED) is 0.889. The van der Waals surface area contributed by atoms with Gasteiger partial charge in [-0.15, -0.1) is 0 Å². The molecular weight excluding hydrogens is 322 g/mol. The van der Waals surface area contributed by atoms with Gasteiger partial charge in [-0.2, -0.15) is 10.2 Å². The summed E-state index contributed by atoms with van der Waals surface area (Å²) in [6.07, 6.45) is 0.835. The number of carbonyl (C=O) groups is 2. The Morgan fingerprint density at radius 3 is 2.64 bits per heavy atom. The van der Waals surface area contributed by atoms with E-state index in [-0.39, 0.29) is 11.6 Å². The van der Waals surface area contributed by atoms with E-state index in [2.05, 4.69) is 24.0 Å². The van der Waals surface area contributed by atoms with E-state index in [1.165, 1.54) is 6.07 Å². The lowest BCUT2D eigenvalue weighted by molar-refractivity contribution is 0.0675. The molecule has 1 N–H and O–H groups in total. The summed E-state index contributed by atoms with van der Waals surface area (Å²) in [4.78, 5) is 25.7. The number of hydrogen-bond donors (Lipinski definition) is 1. The smallest absolute Gasteiger partial charge is 0.356 e. The van der Waals surface area contributed by atoms with Crippen LogP contribution in [-0.2, 0) is 26.1 Å². The Morgan fingerprint density at radius 2 is 2.00 bits per heavy atom. The number of carboxylic acids is 1. The van der Waals surface area contributed by atoms with Crippen LogP contribution < -0.4 is 0 Å². The van der Waals surface area contributed by atoms with E-state index >= 15 is 0 Å². The van der Waals surface area contributed by atoms with Crippen molar-refractivity contribution in [2.75, 3.05) is 6.54 Å². The minimum Gasteiger partial charge on any atom is -0.476 e. The highest BCUT2D eigenvalue weighted by Gasteiger charge is 2.27. The highest BCUT2D eigenvalue weighted by atomic mass is 16.4. The molecule has 0 bridgehead atoms. The third-order valence-electron chi connectivity index (χ3n) is 4.27. The number of carbonyl (C=O) groups excluding carboxylic acids is 1. The molecule has 1 amide bonds. The first kappa shape index (κ1) is 17.2. The van der Waals surface area contributed by atoms with Crippen molar-refractivity contribution in [3.05, 3.63) is 34.9 Å². The molecule has 0 saturated heterocycles. The third kappa shape index (κ3) is 3.42. The Morgan fingerprint density at radius 1 is 1.24 bits per heavy atom. The minimum absolute atomic E-state index is 0.0159. The number of nitrogens with zero attached hydrogens (tertiary/aromatic N) is 5. The van der Waals surface area contributed by atoms with Crippen LogP contribution in [0.25, 0.3) is 0 Å². The monoisotopic (exact) mass is 345 g/mol. The maximum atomic E-state index is 12.9. The van der Waals surface area contributed by atoms with Gasteiger partial charge in [0.05, 0.1) is 24.5 Å². The fourth-order valence-corrected chi connectivity index (χ4v) is 3.11. The van der Waals surface area contributed by atoms with Crippen molar-refractivity contribution in [2.24, 2.45) is 5.92 Å². The first-order valence-electron chi connectivity index (χ1n) is 8.55. The number of carboxylic acid groups (broad SMARTS) is 1. The van der Waals surface area contributed by atoms with E-state index in [0.717, 1.165) is 17.8 Å². The van der Waals surface area contributed by atoms with Crippen LogP contribution in [-0.4, -0.2) is 48.0 Å². The maximum Gasteiger partial charge on any atom is 0.356 e. The second kappa shape index (κ2) is 6.70. The lowest BCUT2D eigenvalue weighted by Gasteiger charge is -2.27. The van der Waals surface area contributed by atoms with Gasteiger partial charge in [-0.25, -0.2) is 4.79 Å². The summed E-state index contributed by atoms with van der Waals surface area (Å²) in [5, 5.41) is 17.6. The summed E-state index contributed by atoms with van der Waals surface area (Å²) in [5.41, 5.74) is 2.27. The predicted octanol–water partition coefficient (Wildman–Crippen LogP) is 1.65. The molecule has 2 aromatic rings. The van der Waals surface area contributed by atoms with Crippen molar-refractivity contribution in [2.45, 2.75) is 46.8 Å².